The van der Waals surface area contributed by atoms with Crippen molar-refractivity contribution in [3.05, 3.63) is 59.1 Å². The summed E-state index contributed by atoms with van der Waals surface area (Å²) in [5, 5.41) is 3.42. The fourth-order valence-corrected chi connectivity index (χ4v) is 3.43. The third kappa shape index (κ3) is 3.46. The predicted molar refractivity (Wildman–Crippen MR) is 98.2 cm³/mol. The molecule has 130 valence electrons. The summed E-state index contributed by atoms with van der Waals surface area (Å²) in [4.78, 5) is 26.7. The van der Waals surface area contributed by atoms with E-state index in [0.717, 1.165) is 11.3 Å². The standard InChI is InChI=1S/C19H19ClN2O3/c1-12-10-16(18(23)25-2)15-8-3-4-9-17(15)22(12)19(24)21-14-7-5-6-13(20)11-14/h3-9,11-12,16H,10H2,1-2H3,(H,21,24). The Bertz CT molecular complexity index is 809. The second-order valence-electron chi connectivity index (χ2n) is 6.03. The average molecular weight is 359 g/mol. The number of anilines is 2. The van der Waals surface area contributed by atoms with Crippen molar-refractivity contribution in [2.75, 3.05) is 17.3 Å². The van der Waals surface area contributed by atoms with E-state index < -0.39 is 0 Å². The van der Waals surface area contributed by atoms with Gasteiger partial charge >= 0.3 is 12.0 Å². The summed E-state index contributed by atoms with van der Waals surface area (Å²) >= 11 is 5.98. The maximum atomic E-state index is 12.9. The molecule has 1 heterocycles. The van der Waals surface area contributed by atoms with Crippen LogP contribution < -0.4 is 10.2 Å². The van der Waals surface area contributed by atoms with Crippen molar-refractivity contribution >= 4 is 35.0 Å². The highest BCUT2D eigenvalue weighted by molar-refractivity contribution is 6.30. The lowest BCUT2D eigenvalue weighted by Gasteiger charge is -2.38. The molecule has 0 aromatic heterocycles. The first-order valence-corrected chi connectivity index (χ1v) is 8.41. The number of esters is 1. The maximum Gasteiger partial charge on any atom is 0.326 e. The highest BCUT2D eigenvalue weighted by Crippen LogP contribution is 2.39. The fraction of sp³-hybridized carbons (Fsp3) is 0.263. The Kier molecular flexibility index (Phi) is 4.95. The molecule has 0 saturated carbocycles. The lowest BCUT2D eigenvalue weighted by molar-refractivity contribution is -0.142. The van der Waals surface area contributed by atoms with Crippen LogP contribution >= 0.6 is 11.6 Å². The minimum atomic E-state index is -0.369. The van der Waals surface area contributed by atoms with Gasteiger partial charge in [0.2, 0.25) is 0 Å². The monoisotopic (exact) mass is 358 g/mol. The fourth-order valence-electron chi connectivity index (χ4n) is 3.24. The highest BCUT2D eigenvalue weighted by Gasteiger charge is 2.37. The number of rotatable bonds is 2. The van der Waals surface area contributed by atoms with Crippen LogP contribution in [0.3, 0.4) is 0 Å². The first-order valence-electron chi connectivity index (χ1n) is 8.03. The number of halogens is 1. The number of amides is 2. The molecule has 2 aromatic carbocycles. The number of fused-ring (bicyclic) bond motifs is 1. The van der Waals surface area contributed by atoms with Crippen LogP contribution in [0.2, 0.25) is 5.02 Å². The summed E-state index contributed by atoms with van der Waals surface area (Å²) in [6.45, 7) is 1.92. The van der Waals surface area contributed by atoms with Gasteiger partial charge in [-0.25, -0.2) is 4.79 Å². The van der Waals surface area contributed by atoms with Crippen molar-refractivity contribution in [3.63, 3.8) is 0 Å². The summed E-state index contributed by atoms with van der Waals surface area (Å²) < 4.78 is 4.93. The molecule has 2 unspecified atom stereocenters. The Labute approximate surface area is 151 Å². The summed E-state index contributed by atoms with van der Waals surface area (Å²) in [5.41, 5.74) is 2.14. The third-order valence-electron chi connectivity index (χ3n) is 4.37. The number of hydrogen-bond acceptors (Lipinski definition) is 3. The molecule has 0 spiro atoms. The number of ether oxygens (including phenoxy) is 1. The van der Waals surface area contributed by atoms with Crippen molar-refractivity contribution in [2.45, 2.75) is 25.3 Å². The molecule has 2 atom stereocenters. The van der Waals surface area contributed by atoms with Gasteiger partial charge in [0.1, 0.15) is 0 Å². The van der Waals surface area contributed by atoms with Crippen molar-refractivity contribution in [2.24, 2.45) is 0 Å². The summed E-state index contributed by atoms with van der Waals surface area (Å²) in [5.74, 6) is -0.652. The minimum Gasteiger partial charge on any atom is -0.469 e. The number of carbonyl (C=O) groups excluding carboxylic acids is 2. The van der Waals surface area contributed by atoms with Gasteiger partial charge in [-0.2, -0.15) is 0 Å². The van der Waals surface area contributed by atoms with Gasteiger partial charge in [0.15, 0.2) is 0 Å². The molecule has 0 fully saturated rings. The van der Waals surface area contributed by atoms with Crippen molar-refractivity contribution in [1.29, 1.82) is 0 Å². The van der Waals surface area contributed by atoms with Gasteiger partial charge in [-0.05, 0) is 43.2 Å². The number of para-hydroxylation sites is 1. The van der Waals surface area contributed by atoms with E-state index in [-0.39, 0.29) is 24.0 Å². The second kappa shape index (κ2) is 7.15. The van der Waals surface area contributed by atoms with E-state index in [1.54, 1.807) is 29.2 Å². The van der Waals surface area contributed by atoms with E-state index >= 15 is 0 Å². The molecule has 2 aromatic rings. The van der Waals surface area contributed by atoms with E-state index in [1.807, 2.05) is 31.2 Å². The number of benzene rings is 2. The molecule has 2 amide bonds. The van der Waals surface area contributed by atoms with Gasteiger partial charge in [0.05, 0.1) is 13.0 Å². The first-order chi connectivity index (χ1) is 12.0. The Hall–Kier alpha value is -2.53. The lowest BCUT2D eigenvalue weighted by atomic mass is 9.86. The van der Waals surface area contributed by atoms with Crippen molar-refractivity contribution in [3.8, 4) is 0 Å². The molecular weight excluding hydrogens is 340 g/mol. The van der Waals surface area contributed by atoms with Gasteiger partial charge in [-0.15, -0.1) is 0 Å². The van der Waals surface area contributed by atoms with Crippen LogP contribution in [0.15, 0.2) is 48.5 Å². The van der Waals surface area contributed by atoms with Crippen LogP contribution in [0.25, 0.3) is 0 Å². The second-order valence-corrected chi connectivity index (χ2v) is 6.47. The zero-order valence-corrected chi connectivity index (χ0v) is 14.8. The SMILES string of the molecule is COC(=O)C1CC(C)N(C(=O)Nc2cccc(Cl)c2)c2ccccc21. The van der Waals surface area contributed by atoms with E-state index in [9.17, 15) is 9.59 Å². The van der Waals surface area contributed by atoms with Gasteiger partial charge in [-0.1, -0.05) is 35.9 Å². The molecule has 1 aliphatic rings. The molecule has 1 N–H and O–H groups in total. The van der Waals surface area contributed by atoms with E-state index in [2.05, 4.69) is 5.32 Å². The molecule has 3 rings (SSSR count). The zero-order chi connectivity index (χ0) is 18.0. The molecule has 25 heavy (non-hydrogen) atoms. The van der Waals surface area contributed by atoms with Gasteiger partial charge in [0, 0.05) is 22.4 Å². The third-order valence-corrected chi connectivity index (χ3v) is 4.60. The Morgan fingerprint density at radius 2 is 1.96 bits per heavy atom. The van der Waals surface area contributed by atoms with Gasteiger partial charge in [-0.3, -0.25) is 9.69 Å². The Morgan fingerprint density at radius 3 is 2.68 bits per heavy atom. The Balaban J connectivity index is 1.92. The number of urea groups is 1. The van der Waals surface area contributed by atoms with Crippen LogP contribution in [0.5, 0.6) is 0 Å². The average Bonchev–Trinajstić information content (AvgIpc) is 2.60. The summed E-state index contributed by atoms with van der Waals surface area (Å²) in [7, 11) is 1.38. The highest BCUT2D eigenvalue weighted by atomic mass is 35.5. The van der Waals surface area contributed by atoms with Crippen LogP contribution in [-0.4, -0.2) is 25.2 Å². The topological polar surface area (TPSA) is 58.6 Å². The zero-order valence-electron chi connectivity index (χ0n) is 14.0. The van der Waals surface area contributed by atoms with Gasteiger partial charge < -0.3 is 10.1 Å². The number of carbonyl (C=O) groups is 2. The number of nitrogens with zero attached hydrogens (tertiary/aromatic N) is 1. The van der Waals surface area contributed by atoms with Crippen LogP contribution in [-0.2, 0) is 9.53 Å². The first kappa shape index (κ1) is 17.3. The molecule has 0 saturated heterocycles. The van der Waals surface area contributed by atoms with Crippen LogP contribution in [0.1, 0.15) is 24.8 Å². The summed E-state index contributed by atoms with van der Waals surface area (Å²) in [6.07, 6.45) is 0.507. The largest absolute Gasteiger partial charge is 0.469 e. The molecule has 1 aliphatic heterocycles. The minimum absolute atomic E-state index is 0.154. The van der Waals surface area contributed by atoms with E-state index in [0.29, 0.717) is 17.1 Å². The quantitative estimate of drug-likeness (QED) is 0.808. The molecule has 0 bridgehead atoms. The van der Waals surface area contributed by atoms with Crippen molar-refractivity contribution < 1.29 is 14.3 Å². The van der Waals surface area contributed by atoms with Crippen LogP contribution in [0.4, 0.5) is 16.2 Å². The Morgan fingerprint density at radius 1 is 1.20 bits per heavy atom. The number of nitrogens with one attached hydrogen (secondary N) is 1. The lowest BCUT2D eigenvalue weighted by Crippen LogP contribution is -2.46. The van der Waals surface area contributed by atoms with Gasteiger partial charge in [0.25, 0.3) is 0 Å². The maximum absolute atomic E-state index is 12.9. The smallest absolute Gasteiger partial charge is 0.326 e. The molecular formula is C19H19ClN2O3. The van der Waals surface area contributed by atoms with Crippen molar-refractivity contribution in [1.82, 2.24) is 0 Å². The summed E-state index contributed by atoms with van der Waals surface area (Å²) in [6, 6.07) is 14.0. The normalized spacial score (nSPS) is 19.1. The number of methoxy groups -OCH3 is 1. The van der Waals surface area contributed by atoms with E-state index in [1.165, 1.54) is 7.11 Å². The molecule has 0 aliphatic carbocycles. The predicted octanol–water partition coefficient (Wildman–Crippen LogP) is 4.43. The molecule has 5 nitrogen and oxygen atoms in total. The molecule has 6 heteroatoms. The number of hydrogen-bond donors (Lipinski definition) is 1. The molecule has 0 radical (unpaired) electrons. The van der Waals surface area contributed by atoms with Crippen LogP contribution in [0, 0.1) is 0 Å². The van der Waals surface area contributed by atoms with E-state index in [4.69, 9.17) is 16.3 Å².